The van der Waals surface area contributed by atoms with Crippen molar-refractivity contribution in [1.82, 2.24) is 10.2 Å². The minimum absolute atomic E-state index is 0.742. The first kappa shape index (κ1) is 11.9. The first-order chi connectivity index (χ1) is 8.33. The smallest absolute Gasteiger partial charge is 0.0507 e. The summed E-state index contributed by atoms with van der Waals surface area (Å²) in [7, 11) is 0. The maximum atomic E-state index is 5.51. The van der Waals surface area contributed by atoms with E-state index in [-0.39, 0.29) is 0 Å². The third-order valence-corrected chi connectivity index (χ3v) is 4.73. The van der Waals surface area contributed by atoms with Gasteiger partial charge < -0.3 is 10.1 Å². The molecule has 0 amide bonds. The highest BCUT2D eigenvalue weighted by molar-refractivity contribution is 4.92. The van der Waals surface area contributed by atoms with Crippen LogP contribution in [0.2, 0.25) is 0 Å². The molecule has 1 N–H and O–H groups in total. The molecule has 3 fully saturated rings. The Bertz CT molecular complexity index is 249. The standard InChI is InChI=1S/C14H26N2O/c1-11-4-6-15-14(13-2-3-13)9-16(11)8-12-5-7-17-10-12/h11-15H,2-10H2,1H3. The van der Waals surface area contributed by atoms with E-state index in [0.29, 0.717) is 0 Å². The summed E-state index contributed by atoms with van der Waals surface area (Å²) >= 11 is 0. The molecule has 3 nitrogen and oxygen atoms in total. The second-order valence-corrected chi connectivity index (χ2v) is 6.22. The lowest BCUT2D eigenvalue weighted by Crippen LogP contribution is -2.43. The summed E-state index contributed by atoms with van der Waals surface area (Å²) in [5.41, 5.74) is 0. The quantitative estimate of drug-likeness (QED) is 0.806. The van der Waals surface area contributed by atoms with E-state index in [2.05, 4.69) is 17.1 Å². The molecule has 17 heavy (non-hydrogen) atoms. The van der Waals surface area contributed by atoms with Crippen molar-refractivity contribution in [3.05, 3.63) is 0 Å². The fourth-order valence-corrected chi connectivity index (χ4v) is 3.29. The van der Waals surface area contributed by atoms with Gasteiger partial charge in [-0.15, -0.1) is 0 Å². The van der Waals surface area contributed by atoms with Gasteiger partial charge in [0.05, 0.1) is 6.61 Å². The number of hydrogen-bond acceptors (Lipinski definition) is 3. The van der Waals surface area contributed by atoms with Gasteiger partial charge in [0.25, 0.3) is 0 Å². The van der Waals surface area contributed by atoms with Gasteiger partial charge >= 0.3 is 0 Å². The number of nitrogens with one attached hydrogen (secondary N) is 1. The summed E-state index contributed by atoms with van der Waals surface area (Å²) in [4.78, 5) is 2.72. The molecule has 0 aromatic rings. The number of ether oxygens (including phenoxy) is 1. The van der Waals surface area contributed by atoms with Gasteiger partial charge in [-0.3, -0.25) is 4.90 Å². The zero-order valence-corrected chi connectivity index (χ0v) is 11.0. The predicted octanol–water partition coefficient (Wildman–Crippen LogP) is 1.49. The first-order valence-electron chi connectivity index (χ1n) is 7.38. The molecule has 2 aliphatic heterocycles. The van der Waals surface area contributed by atoms with Crippen molar-refractivity contribution in [1.29, 1.82) is 0 Å². The molecule has 0 aromatic heterocycles. The monoisotopic (exact) mass is 238 g/mol. The Morgan fingerprint density at radius 2 is 2.12 bits per heavy atom. The van der Waals surface area contributed by atoms with Gasteiger partial charge in [0.15, 0.2) is 0 Å². The van der Waals surface area contributed by atoms with Crippen LogP contribution in [-0.4, -0.2) is 49.8 Å². The van der Waals surface area contributed by atoms with Crippen LogP contribution in [0.15, 0.2) is 0 Å². The van der Waals surface area contributed by atoms with E-state index < -0.39 is 0 Å². The van der Waals surface area contributed by atoms with Crippen LogP contribution in [-0.2, 0) is 4.74 Å². The second kappa shape index (κ2) is 5.25. The molecule has 2 heterocycles. The molecule has 1 saturated carbocycles. The zero-order valence-electron chi connectivity index (χ0n) is 11.0. The Labute approximate surface area is 105 Å². The maximum Gasteiger partial charge on any atom is 0.0507 e. The molecule has 3 aliphatic rings. The van der Waals surface area contributed by atoms with Gasteiger partial charge in [0.2, 0.25) is 0 Å². The lowest BCUT2D eigenvalue weighted by Gasteiger charge is -2.31. The molecule has 0 radical (unpaired) electrons. The first-order valence-corrected chi connectivity index (χ1v) is 7.38. The topological polar surface area (TPSA) is 24.5 Å². The van der Waals surface area contributed by atoms with Crippen LogP contribution in [0.4, 0.5) is 0 Å². The molecular weight excluding hydrogens is 212 g/mol. The van der Waals surface area contributed by atoms with Crippen LogP contribution >= 0.6 is 0 Å². The molecule has 0 bridgehead atoms. The average Bonchev–Trinajstić information content (AvgIpc) is 3.06. The normalized spacial score (nSPS) is 40.4. The van der Waals surface area contributed by atoms with Crippen molar-refractivity contribution in [2.75, 3.05) is 32.8 Å². The van der Waals surface area contributed by atoms with Crippen molar-refractivity contribution < 1.29 is 4.74 Å². The molecule has 2 saturated heterocycles. The maximum absolute atomic E-state index is 5.51. The van der Waals surface area contributed by atoms with Gasteiger partial charge in [0, 0.05) is 31.8 Å². The van der Waals surface area contributed by atoms with Crippen LogP contribution in [0.25, 0.3) is 0 Å². The Kier molecular flexibility index (Phi) is 3.69. The molecule has 0 aromatic carbocycles. The third-order valence-electron chi connectivity index (χ3n) is 4.73. The summed E-state index contributed by atoms with van der Waals surface area (Å²) in [5.74, 6) is 1.76. The molecule has 3 heteroatoms. The zero-order chi connectivity index (χ0) is 11.7. The SMILES string of the molecule is CC1CCNC(C2CC2)CN1CC1CCOC1. The number of rotatable bonds is 3. The van der Waals surface area contributed by atoms with Crippen molar-refractivity contribution in [2.24, 2.45) is 11.8 Å². The summed E-state index contributed by atoms with van der Waals surface area (Å²) in [5, 5.41) is 3.76. The largest absolute Gasteiger partial charge is 0.381 e. The van der Waals surface area contributed by atoms with Gasteiger partial charge in [0.1, 0.15) is 0 Å². The Hall–Kier alpha value is -0.120. The van der Waals surface area contributed by atoms with Crippen LogP contribution in [0.1, 0.15) is 32.6 Å². The third kappa shape index (κ3) is 3.01. The van der Waals surface area contributed by atoms with Gasteiger partial charge in [-0.25, -0.2) is 0 Å². The van der Waals surface area contributed by atoms with E-state index >= 15 is 0 Å². The van der Waals surface area contributed by atoms with Gasteiger partial charge in [-0.05, 0) is 51.0 Å². The van der Waals surface area contributed by atoms with E-state index in [0.717, 1.165) is 37.1 Å². The van der Waals surface area contributed by atoms with Crippen molar-refractivity contribution in [3.63, 3.8) is 0 Å². The number of hydrogen-bond donors (Lipinski definition) is 1. The van der Waals surface area contributed by atoms with Crippen LogP contribution in [0.3, 0.4) is 0 Å². The Morgan fingerprint density at radius 1 is 1.24 bits per heavy atom. The summed E-state index contributed by atoms with van der Waals surface area (Å²) in [6.45, 7) is 8.10. The molecule has 3 unspecified atom stereocenters. The van der Waals surface area contributed by atoms with Crippen LogP contribution in [0, 0.1) is 11.8 Å². The van der Waals surface area contributed by atoms with Crippen molar-refractivity contribution >= 4 is 0 Å². The van der Waals surface area contributed by atoms with Gasteiger partial charge in [-0.1, -0.05) is 0 Å². The fraction of sp³-hybridized carbons (Fsp3) is 1.00. The fourth-order valence-electron chi connectivity index (χ4n) is 3.29. The molecule has 3 rings (SSSR count). The van der Waals surface area contributed by atoms with E-state index in [1.807, 2.05) is 0 Å². The summed E-state index contributed by atoms with van der Waals surface area (Å²) < 4.78 is 5.51. The Morgan fingerprint density at radius 3 is 2.82 bits per heavy atom. The van der Waals surface area contributed by atoms with Crippen molar-refractivity contribution in [2.45, 2.75) is 44.7 Å². The molecule has 98 valence electrons. The van der Waals surface area contributed by atoms with E-state index in [1.54, 1.807) is 0 Å². The van der Waals surface area contributed by atoms with Gasteiger partial charge in [-0.2, -0.15) is 0 Å². The van der Waals surface area contributed by atoms with E-state index in [4.69, 9.17) is 4.74 Å². The highest BCUT2D eigenvalue weighted by Crippen LogP contribution is 2.34. The van der Waals surface area contributed by atoms with E-state index in [1.165, 1.54) is 45.3 Å². The summed E-state index contributed by atoms with van der Waals surface area (Å²) in [6, 6.07) is 1.51. The van der Waals surface area contributed by atoms with Crippen LogP contribution in [0.5, 0.6) is 0 Å². The van der Waals surface area contributed by atoms with E-state index in [9.17, 15) is 0 Å². The minimum Gasteiger partial charge on any atom is -0.381 e. The Balaban J connectivity index is 1.57. The van der Waals surface area contributed by atoms with Crippen molar-refractivity contribution in [3.8, 4) is 0 Å². The molecular formula is C14H26N2O. The summed E-state index contributed by atoms with van der Waals surface area (Å²) in [6.07, 6.45) is 5.47. The second-order valence-electron chi connectivity index (χ2n) is 6.22. The lowest BCUT2D eigenvalue weighted by molar-refractivity contribution is 0.144. The molecule has 3 atom stereocenters. The number of nitrogens with zero attached hydrogens (tertiary/aromatic N) is 1. The average molecular weight is 238 g/mol. The predicted molar refractivity (Wildman–Crippen MR) is 69.1 cm³/mol. The highest BCUT2D eigenvalue weighted by Gasteiger charge is 2.35. The highest BCUT2D eigenvalue weighted by atomic mass is 16.5. The minimum atomic E-state index is 0.742. The molecule has 0 spiro atoms. The molecule has 1 aliphatic carbocycles. The lowest BCUT2D eigenvalue weighted by atomic mass is 10.1. The van der Waals surface area contributed by atoms with Crippen LogP contribution < -0.4 is 5.32 Å².